The van der Waals surface area contributed by atoms with Crippen molar-refractivity contribution in [2.24, 2.45) is 5.14 Å². The molecule has 1 aliphatic heterocycles. The lowest BCUT2D eigenvalue weighted by atomic mass is 10.2. The zero-order valence-corrected chi connectivity index (χ0v) is 8.73. The van der Waals surface area contributed by atoms with Crippen LogP contribution in [0.5, 0.6) is 0 Å². The summed E-state index contributed by atoms with van der Waals surface area (Å²) in [4.78, 5) is 1.13. The number of nitrogens with one attached hydrogen (secondary N) is 1. The van der Waals surface area contributed by atoms with Gasteiger partial charge in [0.05, 0.1) is 4.90 Å². The zero-order chi connectivity index (χ0) is 10.2. The summed E-state index contributed by atoms with van der Waals surface area (Å²) in [6, 6.07) is 4.80. The molecule has 14 heavy (non-hydrogen) atoms. The van der Waals surface area contributed by atoms with Crippen molar-refractivity contribution in [1.29, 1.82) is 0 Å². The van der Waals surface area contributed by atoms with Crippen LogP contribution in [0.4, 0.5) is 0 Å². The molecule has 0 aromatic heterocycles. The highest BCUT2D eigenvalue weighted by atomic mass is 32.2. The summed E-state index contributed by atoms with van der Waals surface area (Å²) in [5, 5.41) is 5.02. The predicted octanol–water partition coefficient (Wildman–Crippen LogP) is 0.915. The number of fused-ring (bicyclic) bond motifs is 1. The molecule has 0 bridgehead atoms. The highest BCUT2D eigenvalue weighted by Crippen LogP contribution is 2.26. The van der Waals surface area contributed by atoms with Crippen molar-refractivity contribution in [3.05, 3.63) is 30.0 Å². The molecule has 0 saturated carbocycles. The van der Waals surface area contributed by atoms with E-state index in [1.165, 1.54) is 18.0 Å². The van der Waals surface area contributed by atoms with Gasteiger partial charge in [-0.1, -0.05) is 0 Å². The maximum absolute atomic E-state index is 11.0. The third-order valence-electron chi connectivity index (χ3n) is 1.81. The predicted molar refractivity (Wildman–Crippen MR) is 55.8 cm³/mol. The summed E-state index contributed by atoms with van der Waals surface area (Å²) in [7, 11) is -3.60. The summed E-state index contributed by atoms with van der Waals surface area (Å²) in [5.74, 6) is 0. The molecule has 3 N–H and O–H groups in total. The molecule has 74 valence electrons. The van der Waals surface area contributed by atoms with Crippen molar-refractivity contribution in [3.8, 4) is 0 Å². The normalized spacial score (nSPS) is 14.6. The maximum Gasteiger partial charge on any atom is 0.238 e. The van der Waals surface area contributed by atoms with Crippen LogP contribution in [0.1, 0.15) is 5.56 Å². The number of benzene rings is 1. The number of sulfonamides is 1. The Balaban J connectivity index is 2.56. The van der Waals surface area contributed by atoms with Gasteiger partial charge in [-0.05, 0) is 41.8 Å². The van der Waals surface area contributed by atoms with Gasteiger partial charge in [-0.3, -0.25) is 0 Å². The lowest BCUT2D eigenvalue weighted by molar-refractivity contribution is 0.597. The zero-order valence-electron chi connectivity index (χ0n) is 7.10. The molecular weight excluding hydrogens is 220 g/mol. The van der Waals surface area contributed by atoms with Crippen LogP contribution >= 0.6 is 11.9 Å². The topological polar surface area (TPSA) is 72.2 Å². The Morgan fingerprint density at radius 3 is 2.86 bits per heavy atom. The van der Waals surface area contributed by atoms with Crippen LogP contribution in [0.25, 0.3) is 6.08 Å². The van der Waals surface area contributed by atoms with Crippen LogP contribution in [0.3, 0.4) is 0 Å². The Labute approximate surface area is 86.4 Å². The quantitative estimate of drug-likeness (QED) is 0.701. The Morgan fingerprint density at radius 1 is 1.36 bits per heavy atom. The van der Waals surface area contributed by atoms with Crippen LogP contribution in [0.2, 0.25) is 0 Å². The summed E-state index contributed by atoms with van der Waals surface area (Å²) >= 11 is 1.44. The fraction of sp³-hybridized carbons (Fsp3) is 0. The molecule has 1 heterocycles. The first-order valence-corrected chi connectivity index (χ1v) is 6.19. The lowest BCUT2D eigenvalue weighted by Gasteiger charge is -2.11. The molecule has 1 aromatic rings. The molecule has 4 nitrogen and oxygen atoms in total. The standard InChI is InChI=1S/C8H8N2O2S2/c9-14(11,12)7-1-2-8-6(5-7)3-4-10-13-8/h1-5,10H,(H2,9,11,12). The summed E-state index contributed by atoms with van der Waals surface area (Å²) < 4.78 is 25.1. The SMILES string of the molecule is NS(=O)(=O)c1ccc2c(c1)C=CNS2. The van der Waals surface area contributed by atoms with E-state index in [1.54, 1.807) is 24.4 Å². The molecule has 0 spiro atoms. The molecule has 0 radical (unpaired) electrons. The smallest absolute Gasteiger partial charge is 0.238 e. The first-order valence-electron chi connectivity index (χ1n) is 3.83. The summed E-state index contributed by atoms with van der Waals surface area (Å²) in [5.41, 5.74) is 0.861. The molecule has 0 saturated heterocycles. The number of hydrogen-bond donors (Lipinski definition) is 2. The van der Waals surface area contributed by atoms with Crippen molar-refractivity contribution >= 4 is 28.0 Å². The van der Waals surface area contributed by atoms with Gasteiger partial charge in [0.25, 0.3) is 0 Å². The number of hydrogen-bond acceptors (Lipinski definition) is 4. The molecule has 0 fully saturated rings. The van der Waals surface area contributed by atoms with Crippen LogP contribution in [0.15, 0.2) is 34.2 Å². The molecule has 0 amide bonds. The van der Waals surface area contributed by atoms with Crippen molar-refractivity contribution in [1.82, 2.24) is 4.72 Å². The average molecular weight is 228 g/mol. The highest BCUT2D eigenvalue weighted by molar-refractivity contribution is 7.97. The monoisotopic (exact) mass is 228 g/mol. The Hall–Kier alpha value is -0.980. The minimum Gasteiger partial charge on any atom is -0.332 e. The van der Waals surface area contributed by atoms with Gasteiger partial charge in [0.15, 0.2) is 0 Å². The van der Waals surface area contributed by atoms with E-state index in [0.717, 1.165) is 10.5 Å². The van der Waals surface area contributed by atoms with Crippen LogP contribution in [0, 0.1) is 0 Å². The highest BCUT2D eigenvalue weighted by Gasteiger charge is 2.11. The Kier molecular flexibility index (Phi) is 2.26. The number of primary sulfonamides is 1. The van der Waals surface area contributed by atoms with E-state index in [9.17, 15) is 8.42 Å². The van der Waals surface area contributed by atoms with E-state index >= 15 is 0 Å². The minimum absolute atomic E-state index is 0.142. The fourth-order valence-corrected chi connectivity index (χ4v) is 2.34. The Morgan fingerprint density at radius 2 is 2.14 bits per heavy atom. The fourth-order valence-electron chi connectivity index (χ4n) is 1.15. The van der Waals surface area contributed by atoms with Crippen molar-refractivity contribution in [2.75, 3.05) is 0 Å². The molecule has 1 aromatic carbocycles. The molecule has 0 aliphatic carbocycles. The number of rotatable bonds is 1. The first-order chi connectivity index (χ1) is 6.57. The third kappa shape index (κ3) is 1.77. The van der Waals surface area contributed by atoms with Crippen LogP contribution in [-0.2, 0) is 10.0 Å². The van der Waals surface area contributed by atoms with Crippen molar-refractivity contribution < 1.29 is 8.42 Å². The van der Waals surface area contributed by atoms with E-state index < -0.39 is 10.0 Å². The molecular formula is C8H8N2O2S2. The average Bonchev–Trinajstić information content (AvgIpc) is 2.16. The van der Waals surface area contributed by atoms with Gasteiger partial charge >= 0.3 is 0 Å². The molecule has 1 aliphatic rings. The van der Waals surface area contributed by atoms with Crippen LogP contribution < -0.4 is 9.86 Å². The van der Waals surface area contributed by atoms with E-state index in [2.05, 4.69) is 4.72 Å². The minimum atomic E-state index is -3.60. The second-order valence-electron chi connectivity index (χ2n) is 2.80. The lowest BCUT2D eigenvalue weighted by Crippen LogP contribution is -2.12. The molecule has 2 rings (SSSR count). The third-order valence-corrected chi connectivity index (χ3v) is 3.57. The molecule has 0 unspecified atom stereocenters. The van der Waals surface area contributed by atoms with Crippen molar-refractivity contribution in [2.45, 2.75) is 9.79 Å². The molecule has 6 heteroatoms. The van der Waals surface area contributed by atoms with E-state index in [1.807, 2.05) is 0 Å². The first kappa shape index (κ1) is 9.57. The van der Waals surface area contributed by atoms with E-state index in [-0.39, 0.29) is 4.90 Å². The van der Waals surface area contributed by atoms with Gasteiger partial charge < -0.3 is 4.72 Å². The second kappa shape index (κ2) is 3.30. The van der Waals surface area contributed by atoms with Gasteiger partial charge in [-0.15, -0.1) is 0 Å². The van der Waals surface area contributed by atoms with Gasteiger partial charge in [0.2, 0.25) is 10.0 Å². The number of nitrogens with two attached hydrogens (primary N) is 1. The second-order valence-corrected chi connectivity index (χ2v) is 5.24. The van der Waals surface area contributed by atoms with Gasteiger partial charge in [0.1, 0.15) is 0 Å². The molecule has 0 atom stereocenters. The van der Waals surface area contributed by atoms with Gasteiger partial charge in [0, 0.05) is 11.1 Å². The van der Waals surface area contributed by atoms with Crippen molar-refractivity contribution in [3.63, 3.8) is 0 Å². The van der Waals surface area contributed by atoms with Gasteiger partial charge in [-0.2, -0.15) is 0 Å². The summed E-state index contributed by atoms with van der Waals surface area (Å²) in [6.45, 7) is 0. The van der Waals surface area contributed by atoms with E-state index in [0.29, 0.717) is 0 Å². The van der Waals surface area contributed by atoms with E-state index in [4.69, 9.17) is 5.14 Å². The largest absolute Gasteiger partial charge is 0.332 e. The Bertz CT molecular complexity index is 494. The van der Waals surface area contributed by atoms with Gasteiger partial charge in [-0.25, -0.2) is 13.6 Å². The van der Waals surface area contributed by atoms with Crippen LogP contribution in [-0.4, -0.2) is 8.42 Å². The maximum atomic E-state index is 11.0. The summed E-state index contributed by atoms with van der Waals surface area (Å²) in [6.07, 6.45) is 3.56.